The predicted molar refractivity (Wildman–Crippen MR) is 60.2 cm³/mol. The van der Waals surface area contributed by atoms with Crippen molar-refractivity contribution in [3.8, 4) is 0 Å². The molecule has 0 aliphatic heterocycles. The molecule has 1 rings (SSSR count). The van der Waals surface area contributed by atoms with E-state index in [4.69, 9.17) is 0 Å². The van der Waals surface area contributed by atoms with Crippen molar-refractivity contribution in [3.63, 3.8) is 0 Å². The molecule has 0 bridgehead atoms. The lowest BCUT2D eigenvalue weighted by molar-refractivity contribution is -0.697. The molecule has 0 aliphatic rings. The Balaban J connectivity index is 0.00000196. The van der Waals surface area contributed by atoms with Crippen LogP contribution in [0.15, 0.2) is 24.5 Å². The Bertz CT molecular complexity index is 216. The van der Waals surface area contributed by atoms with Crippen LogP contribution in [0.4, 0.5) is 0 Å². The number of pyridine rings is 1. The molecule has 15 heavy (non-hydrogen) atoms. The SMILES string of the molecule is CCCCc1cc[n+](CCCC)cc1.[Cl-]. The number of rotatable bonds is 6. The Morgan fingerprint density at radius 1 is 1.00 bits per heavy atom. The van der Waals surface area contributed by atoms with Gasteiger partial charge in [-0.1, -0.05) is 26.7 Å². The van der Waals surface area contributed by atoms with Crippen LogP contribution < -0.4 is 17.0 Å². The lowest BCUT2D eigenvalue weighted by Crippen LogP contribution is -3.00. The number of hydrogen-bond donors (Lipinski definition) is 0. The molecule has 0 spiro atoms. The standard InChI is InChI=1S/C13H22N.ClH/c1-3-5-7-13-8-11-14(12-9-13)10-6-4-2;/h8-9,11-12H,3-7,10H2,1-2H3;1H/q+1;/p-1. The number of nitrogens with zero attached hydrogens (tertiary/aromatic N) is 1. The second-order valence-corrected chi connectivity index (χ2v) is 3.90. The normalized spacial score (nSPS) is 9.73. The van der Waals surface area contributed by atoms with Gasteiger partial charge in [-0.25, -0.2) is 4.57 Å². The summed E-state index contributed by atoms with van der Waals surface area (Å²) >= 11 is 0. The van der Waals surface area contributed by atoms with Crippen LogP contribution in [0.25, 0.3) is 0 Å². The van der Waals surface area contributed by atoms with Gasteiger partial charge in [0, 0.05) is 18.6 Å². The zero-order chi connectivity index (χ0) is 10.2. The summed E-state index contributed by atoms with van der Waals surface area (Å²) in [6, 6.07) is 4.51. The second-order valence-electron chi connectivity index (χ2n) is 3.90. The molecule has 0 radical (unpaired) electrons. The Hall–Kier alpha value is -0.560. The van der Waals surface area contributed by atoms with Crippen LogP contribution in [-0.2, 0) is 13.0 Å². The molecule has 1 aromatic rings. The van der Waals surface area contributed by atoms with E-state index < -0.39 is 0 Å². The van der Waals surface area contributed by atoms with Crippen LogP contribution in [0.2, 0.25) is 0 Å². The zero-order valence-electron chi connectivity index (χ0n) is 9.88. The first-order chi connectivity index (χ1) is 6.86. The predicted octanol–water partition coefficient (Wildman–Crippen LogP) is 0.121. The van der Waals surface area contributed by atoms with E-state index in [1.807, 2.05) is 0 Å². The molecule has 1 aromatic heterocycles. The zero-order valence-corrected chi connectivity index (χ0v) is 10.6. The molecule has 1 heterocycles. The Kier molecular flexibility index (Phi) is 8.40. The van der Waals surface area contributed by atoms with Crippen molar-refractivity contribution in [3.05, 3.63) is 30.1 Å². The Morgan fingerprint density at radius 3 is 2.13 bits per heavy atom. The van der Waals surface area contributed by atoms with Crippen molar-refractivity contribution in [1.29, 1.82) is 0 Å². The third kappa shape index (κ3) is 5.78. The summed E-state index contributed by atoms with van der Waals surface area (Å²) in [6.45, 7) is 5.63. The van der Waals surface area contributed by atoms with Gasteiger partial charge in [0.05, 0.1) is 0 Å². The summed E-state index contributed by atoms with van der Waals surface area (Å²) in [6.07, 6.45) is 10.8. The quantitative estimate of drug-likeness (QED) is 0.608. The van der Waals surface area contributed by atoms with Gasteiger partial charge in [0.25, 0.3) is 0 Å². The lowest BCUT2D eigenvalue weighted by Gasteiger charge is -1.99. The van der Waals surface area contributed by atoms with Crippen LogP contribution in [-0.4, -0.2) is 0 Å². The highest BCUT2D eigenvalue weighted by Gasteiger charge is 1.99. The minimum absolute atomic E-state index is 0. The summed E-state index contributed by atoms with van der Waals surface area (Å²) in [5.74, 6) is 0. The van der Waals surface area contributed by atoms with Crippen molar-refractivity contribution in [2.45, 2.75) is 52.5 Å². The smallest absolute Gasteiger partial charge is 0.169 e. The molecule has 0 amide bonds. The Morgan fingerprint density at radius 2 is 1.60 bits per heavy atom. The molecule has 0 saturated heterocycles. The largest absolute Gasteiger partial charge is 1.00 e. The van der Waals surface area contributed by atoms with E-state index in [1.165, 1.54) is 37.7 Å². The Labute approximate surface area is 99.9 Å². The van der Waals surface area contributed by atoms with Crippen molar-refractivity contribution < 1.29 is 17.0 Å². The van der Waals surface area contributed by atoms with Crippen LogP contribution in [0.1, 0.15) is 45.1 Å². The highest BCUT2D eigenvalue weighted by atomic mass is 35.5. The first-order valence-corrected chi connectivity index (χ1v) is 5.84. The minimum Gasteiger partial charge on any atom is -1.00 e. The highest BCUT2D eigenvalue weighted by molar-refractivity contribution is 5.06. The fraction of sp³-hybridized carbons (Fsp3) is 0.615. The number of aryl methyl sites for hydroxylation is 2. The molecular formula is C13H22ClN. The average molecular weight is 228 g/mol. The number of aromatic nitrogens is 1. The number of halogens is 1. The van der Waals surface area contributed by atoms with E-state index in [0.717, 1.165) is 6.54 Å². The maximum Gasteiger partial charge on any atom is 0.169 e. The monoisotopic (exact) mass is 227 g/mol. The molecule has 1 nitrogen and oxygen atoms in total. The third-order valence-corrected chi connectivity index (χ3v) is 2.55. The maximum atomic E-state index is 2.28. The molecular weight excluding hydrogens is 206 g/mol. The summed E-state index contributed by atoms with van der Waals surface area (Å²) in [5.41, 5.74) is 1.47. The molecule has 0 aliphatic carbocycles. The van der Waals surface area contributed by atoms with Crippen molar-refractivity contribution in [1.82, 2.24) is 0 Å². The molecule has 0 fully saturated rings. The van der Waals surface area contributed by atoms with Gasteiger partial charge in [-0.15, -0.1) is 0 Å². The molecule has 0 atom stereocenters. The van der Waals surface area contributed by atoms with E-state index in [0.29, 0.717) is 0 Å². The minimum atomic E-state index is 0. The molecule has 0 aromatic carbocycles. The second kappa shape index (κ2) is 8.72. The summed E-state index contributed by atoms with van der Waals surface area (Å²) in [7, 11) is 0. The van der Waals surface area contributed by atoms with E-state index in [1.54, 1.807) is 0 Å². The fourth-order valence-corrected chi connectivity index (χ4v) is 1.53. The summed E-state index contributed by atoms with van der Waals surface area (Å²) in [4.78, 5) is 0. The average Bonchev–Trinajstić information content (AvgIpc) is 2.25. The van der Waals surface area contributed by atoms with Gasteiger partial charge >= 0.3 is 0 Å². The van der Waals surface area contributed by atoms with Gasteiger partial charge in [-0.05, 0) is 18.4 Å². The lowest BCUT2D eigenvalue weighted by atomic mass is 10.1. The van der Waals surface area contributed by atoms with Gasteiger partial charge in [0.15, 0.2) is 12.4 Å². The van der Waals surface area contributed by atoms with Crippen LogP contribution in [0.3, 0.4) is 0 Å². The van der Waals surface area contributed by atoms with Gasteiger partial charge in [-0.2, -0.15) is 0 Å². The van der Waals surface area contributed by atoms with Gasteiger partial charge in [-0.3, -0.25) is 0 Å². The van der Waals surface area contributed by atoms with Crippen molar-refractivity contribution in [2.75, 3.05) is 0 Å². The molecule has 0 saturated carbocycles. The molecule has 0 unspecified atom stereocenters. The van der Waals surface area contributed by atoms with Gasteiger partial charge in [0.1, 0.15) is 6.54 Å². The highest BCUT2D eigenvalue weighted by Crippen LogP contribution is 2.02. The fourth-order valence-electron chi connectivity index (χ4n) is 1.53. The molecule has 2 heteroatoms. The van der Waals surface area contributed by atoms with E-state index >= 15 is 0 Å². The van der Waals surface area contributed by atoms with Crippen LogP contribution in [0, 0.1) is 0 Å². The van der Waals surface area contributed by atoms with Crippen molar-refractivity contribution in [2.24, 2.45) is 0 Å². The summed E-state index contributed by atoms with van der Waals surface area (Å²) in [5, 5.41) is 0. The first kappa shape index (κ1) is 14.4. The van der Waals surface area contributed by atoms with E-state index in [2.05, 4.69) is 42.9 Å². The first-order valence-electron chi connectivity index (χ1n) is 5.84. The maximum absolute atomic E-state index is 2.28. The van der Waals surface area contributed by atoms with Crippen molar-refractivity contribution >= 4 is 0 Å². The van der Waals surface area contributed by atoms with Gasteiger partial charge < -0.3 is 12.4 Å². The molecule has 0 N–H and O–H groups in total. The third-order valence-electron chi connectivity index (χ3n) is 2.55. The van der Waals surface area contributed by atoms with E-state index in [9.17, 15) is 0 Å². The topological polar surface area (TPSA) is 3.88 Å². The van der Waals surface area contributed by atoms with E-state index in [-0.39, 0.29) is 12.4 Å². The molecule has 86 valence electrons. The number of unbranched alkanes of at least 4 members (excludes halogenated alkanes) is 2. The van der Waals surface area contributed by atoms with Gasteiger partial charge in [0.2, 0.25) is 0 Å². The number of hydrogen-bond acceptors (Lipinski definition) is 0. The summed E-state index contributed by atoms with van der Waals surface area (Å²) < 4.78 is 2.28. The van der Waals surface area contributed by atoms with Crippen LogP contribution in [0.5, 0.6) is 0 Å². The van der Waals surface area contributed by atoms with Crippen LogP contribution >= 0.6 is 0 Å².